The van der Waals surface area contributed by atoms with Gasteiger partial charge in [0.25, 0.3) is 0 Å². The zero-order valence-electron chi connectivity index (χ0n) is 33.8. The van der Waals surface area contributed by atoms with Crippen molar-refractivity contribution in [1.29, 1.82) is 0 Å². The fraction of sp³-hybridized carbons (Fsp3) is 0.976. The number of rotatable bonds is 39. The molecular formula is C41H85NO7P+. The molecule has 0 aromatic rings. The predicted molar refractivity (Wildman–Crippen MR) is 210 cm³/mol. The summed E-state index contributed by atoms with van der Waals surface area (Å²) in [6, 6.07) is 0. The SMILES string of the molecule is CCCCCCCCCCCCCCCC(=O)OC[C@H](COP(=O)(O)OCC[N+](C)(C)C)CC(O)CCCCCCCCCCCCCCC. The molecule has 0 amide bonds. The second-order valence-corrected chi connectivity index (χ2v) is 17.5. The van der Waals surface area contributed by atoms with Gasteiger partial charge in [0.15, 0.2) is 0 Å². The molecule has 0 aliphatic carbocycles. The van der Waals surface area contributed by atoms with Crippen molar-refractivity contribution in [3.8, 4) is 0 Å². The first-order valence-electron chi connectivity index (χ1n) is 21.2. The van der Waals surface area contributed by atoms with E-state index in [1.165, 1.54) is 135 Å². The first kappa shape index (κ1) is 49.5. The summed E-state index contributed by atoms with van der Waals surface area (Å²) in [5.41, 5.74) is 0. The van der Waals surface area contributed by atoms with Gasteiger partial charge in [-0.3, -0.25) is 13.8 Å². The molecule has 0 saturated heterocycles. The smallest absolute Gasteiger partial charge is 0.465 e. The van der Waals surface area contributed by atoms with Crippen LogP contribution in [0.2, 0.25) is 0 Å². The number of hydrogen-bond donors (Lipinski definition) is 2. The summed E-state index contributed by atoms with van der Waals surface area (Å²) in [7, 11) is 1.69. The maximum Gasteiger partial charge on any atom is 0.472 e. The van der Waals surface area contributed by atoms with Crippen molar-refractivity contribution in [3.63, 3.8) is 0 Å². The Labute approximate surface area is 310 Å². The predicted octanol–water partition coefficient (Wildman–Crippen LogP) is 11.7. The number of quaternary nitrogens is 1. The van der Waals surface area contributed by atoms with E-state index in [2.05, 4.69) is 13.8 Å². The number of carbonyl (C=O) groups excluding carboxylic acids is 1. The van der Waals surface area contributed by atoms with E-state index in [0.29, 0.717) is 30.3 Å². The summed E-state index contributed by atoms with van der Waals surface area (Å²) < 4.78 is 29.2. The zero-order chi connectivity index (χ0) is 37.2. The molecule has 8 nitrogen and oxygen atoms in total. The Bertz CT molecular complexity index is 791. The molecule has 0 aliphatic rings. The van der Waals surface area contributed by atoms with Crippen molar-refractivity contribution >= 4 is 13.8 Å². The standard InChI is InChI=1S/C41H84NO7P/c1-6-8-10-12-14-16-18-20-22-24-26-28-30-32-40(43)36-39(38-49-50(45,46)48-35-34-42(3,4)5)37-47-41(44)33-31-29-27-25-23-21-19-17-15-13-11-9-7-2/h39-40,43H,6-38H2,1-5H3/p+1/t39-,40?/m1/s1. The van der Waals surface area contributed by atoms with E-state index >= 15 is 0 Å². The lowest BCUT2D eigenvalue weighted by Crippen LogP contribution is -2.37. The Morgan fingerprint density at radius 2 is 1.00 bits per heavy atom. The molecule has 0 fully saturated rings. The Morgan fingerprint density at radius 3 is 1.42 bits per heavy atom. The molecule has 3 atom stereocenters. The second-order valence-electron chi connectivity index (χ2n) is 16.1. The van der Waals surface area contributed by atoms with Gasteiger partial charge in [-0.2, -0.15) is 0 Å². The highest BCUT2D eigenvalue weighted by molar-refractivity contribution is 7.47. The number of phosphoric acid groups is 1. The highest BCUT2D eigenvalue weighted by Crippen LogP contribution is 2.43. The van der Waals surface area contributed by atoms with Gasteiger partial charge in [-0.05, 0) is 19.3 Å². The number of hydrogen-bond acceptors (Lipinski definition) is 6. The molecular weight excluding hydrogens is 649 g/mol. The maximum atomic E-state index is 12.5. The van der Waals surface area contributed by atoms with Crippen LogP contribution >= 0.6 is 7.82 Å². The van der Waals surface area contributed by atoms with Crippen molar-refractivity contribution < 1.29 is 37.6 Å². The third kappa shape index (κ3) is 37.3. The van der Waals surface area contributed by atoms with Crippen LogP contribution in [0.1, 0.15) is 200 Å². The maximum absolute atomic E-state index is 12.5. The van der Waals surface area contributed by atoms with Crippen LogP contribution < -0.4 is 0 Å². The molecule has 0 spiro atoms. The molecule has 300 valence electrons. The normalized spacial score (nSPS) is 14.5. The third-order valence-corrected chi connectivity index (χ3v) is 10.7. The first-order valence-corrected chi connectivity index (χ1v) is 22.7. The van der Waals surface area contributed by atoms with Crippen LogP contribution in [-0.2, 0) is 23.1 Å². The zero-order valence-corrected chi connectivity index (χ0v) is 34.7. The number of ether oxygens (including phenoxy) is 1. The Balaban J connectivity index is 4.36. The molecule has 2 unspecified atom stereocenters. The molecule has 0 aliphatic heterocycles. The van der Waals surface area contributed by atoms with Gasteiger partial charge in [0, 0.05) is 12.3 Å². The quantitative estimate of drug-likeness (QED) is 0.0280. The lowest BCUT2D eigenvalue weighted by atomic mass is 9.98. The van der Waals surface area contributed by atoms with Crippen LogP contribution in [0.5, 0.6) is 0 Å². The molecule has 9 heteroatoms. The fourth-order valence-electron chi connectivity index (χ4n) is 6.32. The van der Waals surface area contributed by atoms with Crippen molar-refractivity contribution in [2.75, 3.05) is 47.5 Å². The van der Waals surface area contributed by atoms with Gasteiger partial charge in [-0.1, -0.05) is 174 Å². The van der Waals surface area contributed by atoms with Gasteiger partial charge in [-0.25, -0.2) is 4.57 Å². The van der Waals surface area contributed by atoms with Gasteiger partial charge < -0.3 is 19.2 Å². The van der Waals surface area contributed by atoms with E-state index in [-0.39, 0.29) is 31.7 Å². The lowest BCUT2D eigenvalue weighted by Gasteiger charge is -2.25. The summed E-state index contributed by atoms with van der Waals surface area (Å²) in [5.74, 6) is -0.638. The number of phosphoric ester groups is 1. The van der Waals surface area contributed by atoms with Gasteiger partial charge >= 0.3 is 13.8 Å². The van der Waals surface area contributed by atoms with Crippen LogP contribution in [0, 0.1) is 5.92 Å². The second kappa shape index (κ2) is 34.3. The van der Waals surface area contributed by atoms with E-state index in [4.69, 9.17) is 13.8 Å². The summed E-state index contributed by atoms with van der Waals surface area (Å²) in [5, 5.41) is 10.8. The monoisotopic (exact) mass is 735 g/mol. The van der Waals surface area contributed by atoms with E-state index in [9.17, 15) is 19.4 Å². The van der Waals surface area contributed by atoms with Gasteiger partial charge in [-0.15, -0.1) is 0 Å². The number of aliphatic hydroxyl groups excluding tert-OH is 1. The molecule has 0 rings (SSSR count). The van der Waals surface area contributed by atoms with Crippen LogP contribution in [0.25, 0.3) is 0 Å². The number of aliphatic hydroxyl groups is 1. The van der Waals surface area contributed by atoms with Crippen molar-refractivity contribution in [1.82, 2.24) is 0 Å². The van der Waals surface area contributed by atoms with Gasteiger partial charge in [0.05, 0.1) is 40.5 Å². The Hall–Kier alpha value is -0.500. The molecule has 0 saturated carbocycles. The molecule has 0 bridgehead atoms. The van der Waals surface area contributed by atoms with E-state index in [1.54, 1.807) is 0 Å². The summed E-state index contributed by atoms with van der Waals surface area (Å²) in [6.07, 6.45) is 33.7. The van der Waals surface area contributed by atoms with E-state index in [1.807, 2.05) is 21.1 Å². The fourth-order valence-corrected chi connectivity index (χ4v) is 7.11. The molecule has 0 aromatic heterocycles. The van der Waals surface area contributed by atoms with Crippen LogP contribution in [-0.4, -0.2) is 74.1 Å². The Kier molecular flexibility index (Phi) is 33.9. The van der Waals surface area contributed by atoms with Crippen LogP contribution in [0.4, 0.5) is 0 Å². The van der Waals surface area contributed by atoms with Crippen molar-refractivity contribution in [3.05, 3.63) is 0 Å². The average Bonchev–Trinajstić information content (AvgIpc) is 3.06. The first-order chi connectivity index (χ1) is 24.0. The van der Waals surface area contributed by atoms with Gasteiger partial charge in [0.2, 0.25) is 0 Å². The minimum Gasteiger partial charge on any atom is -0.465 e. The van der Waals surface area contributed by atoms with Crippen LogP contribution in [0.3, 0.4) is 0 Å². The highest BCUT2D eigenvalue weighted by atomic mass is 31.2. The minimum absolute atomic E-state index is 0.0613. The van der Waals surface area contributed by atoms with Crippen LogP contribution in [0.15, 0.2) is 0 Å². The highest BCUT2D eigenvalue weighted by Gasteiger charge is 2.26. The Morgan fingerprint density at radius 1 is 0.600 bits per heavy atom. The summed E-state index contributed by atoms with van der Waals surface area (Å²) >= 11 is 0. The molecule has 0 heterocycles. The van der Waals surface area contributed by atoms with Crippen molar-refractivity contribution in [2.45, 2.75) is 206 Å². The van der Waals surface area contributed by atoms with E-state index < -0.39 is 13.9 Å². The summed E-state index contributed by atoms with van der Waals surface area (Å²) in [6.45, 7) is 5.13. The largest absolute Gasteiger partial charge is 0.472 e. The molecule has 0 aromatic carbocycles. The average molecular weight is 735 g/mol. The number of carbonyl (C=O) groups is 1. The number of esters is 1. The number of likely N-dealkylation sites (N-methyl/N-ethyl adjacent to an activating group) is 1. The van der Waals surface area contributed by atoms with Gasteiger partial charge in [0.1, 0.15) is 13.2 Å². The number of nitrogens with zero attached hydrogens (tertiary/aromatic N) is 1. The molecule has 50 heavy (non-hydrogen) atoms. The lowest BCUT2D eigenvalue weighted by molar-refractivity contribution is -0.870. The molecule has 2 N–H and O–H groups in total. The topological polar surface area (TPSA) is 102 Å². The molecule has 0 radical (unpaired) electrons. The summed E-state index contributed by atoms with van der Waals surface area (Å²) in [4.78, 5) is 22.8. The minimum atomic E-state index is -4.25. The third-order valence-electron chi connectivity index (χ3n) is 9.70. The van der Waals surface area contributed by atoms with E-state index in [0.717, 1.165) is 32.1 Å². The number of unbranched alkanes of at least 4 members (excludes halogenated alkanes) is 24. The van der Waals surface area contributed by atoms with Crippen molar-refractivity contribution in [2.24, 2.45) is 5.92 Å².